The molecule has 0 bridgehead atoms. The van der Waals surface area contributed by atoms with Gasteiger partial charge in [-0.15, -0.1) is 5.10 Å². The van der Waals surface area contributed by atoms with E-state index < -0.39 is 12.2 Å². The number of amides is 1. The third-order valence-corrected chi connectivity index (χ3v) is 4.12. The van der Waals surface area contributed by atoms with Crippen molar-refractivity contribution in [3.05, 3.63) is 53.9 Å². The Labute approximate surface area is 163 Å². The summed E-state index contributed by atoms with van der Waals surface area (Å²) in [5.74, 6) is 1.05. The molecule has 2 N–H and O–H groups in total. The van der Waals surface area contributed by atoms with E-state index in [0.717, 1.165) is 16.7 Å². The van der Waals surface area contributed by atoms with E-state index >= 15 is 0 Å². The highest BCUT2D eigenvalue weighted by atomic mass is 16.6. The molecule has 8 heteroatoms. The minimum atomic E-state index is -0.657. The minimum Gasteiger partial charge on any atom is -0.410 e. The van der Waals surface area contributed by atoms with Crippen LogP contribution in [0.25, 0.3) is 16.8 Å². The predicted octanol–water partition coefficient (Wildman–Crippen LogP) is 2.67. The Kier molecular flexibility index (Phi) is 6.00. The van der Waals surface area contributed by atoms with Gasteiger partial charge in [0.05, 0.1) is 11.8 Å². The number of aliphatic hydroxyl groups excluding tert-OH is 1. The smallest absolute Gasteiger partial charge is 0.410 e. The van der Waals surface area contributed by atoms with Crippen LogP contribution in [-0.4, -0.2) is 44.1 Å². The van der Waals surface area contributed by atoms with Gasteiger partial charge in [-0.3, -0.25) is 0 Å². The van der Waals surface area contributed by atoms with Crippen LogP contribution in [0.1, 0.15) is 25.2 Å². The summed E-state index contributed by atoms with van der Waals surface area (Å²) in [7, 11) is 0. The fourth-order valence-corrected chi connectivity index (χ4v) is 2.68. The Morgan fingerprint density at radius 3 is 2.64 bits per heavy atom. The molecule has 0 radical (unpaired) electrons. The Balaban J connectivity index is 1.98. The monoisotopic (exact) mass is 381 g/mol. The van der Waals surface area contributed by atoms with Gasteiger partial charge in [0.2, 0.25) is 0 Å². The van der Waals surface area contributed by atoms with Crippen molar-refractivity contribution in [1.82, 2.24) is 25.5 Å². The number of tetrazole rings is 1. The van der Waals surface area contributed by atoms with Crippen molar-refractivity contribution < 1.29 is 14.6 Å². The number of aryl methyl sites for hydroxylation is 2. The summed E-state index contributed by atoms with van der Waals surface area (Å²) in [4.78, 5) is 12.0. The van der Waals surface area contributed by atoms with Gasteiger partial charge >= 0.3 is 6.09 Å². The average Bonchev–Trinajstić information content (AvgIpc) is 3.15. The second kappa shape index (κ2) is 8.62. The molecular formula is C20H23N5O3. The second-order valence-corrected chi connectivity index (χ2v) is 6.56. The van der Waals surface area contributed by atoms with Gasteiger partial charge in [-0.05, 0) is 47.5 Å². The number of aliphatic hydroxyl groups is 1. The van der Waals surface area contributed by atoms with Crippen LogP contribution in [0.5, 0.6) is 5.75 Å². The summed E-state index contributed by atoms with van der Waals surface area (Å²) >= 11 is 0. The van der Waals surface area contributed by atoms with Crippen molar-refractivity contribution >= 4 is 6.09 Å². The minimum absolute atomic E-state index is 0.107. The third kappa shape index (κ3) is 4.72. The molecule has 1 atom stereocenters. The summed E-state index contributed by atoms with van der Waals surface area (Å²) in [6.45, 7) is 5.68. The second-order valence-electron chi connectivity index (χ2n) is 6.56. The van der Waals surface area contributed by atoms with E-state index in [1.165, 1.54) is 0 Å². The standard InChI is InChI=1S/C20H23N5O3/c1-4-19-22-23-24-25(19)17-9-16(15-7-5-13(2)6-8-15)10-18(11-17)28-20(27)21-12-14(3)26/h5-11,14,26H,4,12H2,1-3H3,(H,21,27). The van der Waals surface area contributed by atoms with E-state index in [4.69, 9.17) is 4.74 Å². The van der Waals surface area contributed by atoms with Gasteiger partial charge in [-0.1, -0.05) is 36.8 Å². The van der Waals surface area contributed by atoms with Crippen LogP contribution >= 0.6 is 0 Å². The summed E-state index contributed by atoms with van der Waals surface area (Å²) in [5, 5.41) is 23.6. The van der Waals surface area contributed by atoms with E-state index in [0.29, 0.717) is 23.7 Å². The number of carbonyl (C=O) groups excluding carboxylic acids is 1. The van der Waals surface area contributed by atoms with Crippen LogP contribution in [0.4, 0.5) is 4.79 Å². The number of benzene rings is 2. The highest BCUT2D eigenvalue weighted by Gasteiger charge is 2.13. The first kappa shape index (κ1) is 19.5. The Morgan fingerprint density at radius 1 is 1.21 bits per heavy atom. The number of hydrogen-bond donors (Lipinski definition) is 2. The van der Waals surface area contributed by atoms with Crippen LogP contribution in [0.2, 0.25) is 0 Å². The molecule has 0 aliphatic heterocycles. The first-order valence-corrected chi connectivity index (χ1v) is 9.09. The van der Waals surface area contributed by atoms with E-state index in [9.17, 15) is 9.90 Å². The molecule has 28 heavy (non-hydrogen) atoms. The molecule has 1 heterocycles. The number of aromatic nitrogens is 4. The number of rotatable bonds is 6. The molecule has 2 aromatic carbocycles. The number of ether oxygens (including phenoxy) is 1. The number of nitrogens with one attached hydrogen (secondary N) is 1. The molecule has 0 aliphatic rings. The van der Waals surface area contributed by atoms with Gasteiger partial charge in [-0.2, -0.15) is 4.68 Å². The Hall–Kier alpha value is -3.26. The molecule has 8 nitrogen and oxygen atoms in total. The summed E-state index contributed by atoms with van der Waals surface area (Å²) in [6, 6.07) is 13.5. The lowest BCUT2D eigenvalue weighted by atomic mass is 10.0. The molecule has 1 unspecified atom stereocenters. The Bertz CT molecular complexity index is 951. The third-order valence-electron chi connectivity index (χ3n) is 4.12. The van der Waals surface area contributed by atoms with Crippen molar-refractivity contribution in [2.45, 2.75) is 33.3 Å². The molecule has 0 fully saturated rings. The molecule has 3 rings (SSSR count). The lowest BCUT2D eigenvalue weighted by molar-refractivity contribution is 0.172. The molecule has 3 aromatic rings. The van der Waals surface area contributed by atoms with Gasteiger partial charge in [-0.25, -0.2) is 4.79 Å². The molecule has 146 valence electrons. The summed E-state index contributed by atoms with van der Waals surface area (Å²) in [5.41, 5.74) is 3.70. The first-order valence-electron chi connectivity index (χ1n) is 9.09. The maximum atomic E-state index is 12.0. The summed E-state index contributed by atoms with van der Waals surface area (Å²) < 4.78 is 7.04. The van der Waals surface area contributed by atoms with E-state index in [1.54, 1.807) is 23.7 Å². The first-order chi connectivity index (χ1) is 13.5. The molecule has 1 aromatic heterocycles. The number of hydrogen-bond acceptors (Lipinski definition) is 6. The molecule has 0 saturated heterocycles. The van der Waals surface area contributed by atoms with Crippen molar-refractivity contribution in [2.75, 3.05) is 6.54 Å². The van der Waals surface area contributed by atoms with E-state index in [1.807, 2.05) is 44.2 Å². The van der Waals surface area contributed by atoms with Crippen molar-refractivity contribution in [2.24, 2.45) is 0 Å². The quantitative estimate of drug-likeness (QED) is 0.681. The summed E-state index contributed by atoms with van der Waals surface area (Å²) in [6.07, 6.45) is -0.636. The lowest BCUT2D eigenvalue weighted by Crippen LogP contribution is -2.32. The van der Waals surface area contributed by atoms with Gasteiger partial charge in [0.1, 0.15) is 5.75 Å². The molecule has 1 amide bonds. The average molecular weight is 381 g/mol. The van der Waals surface area contributed by atoms with Gasteiger partial charge in [0.25, 0.3) is 0 Å². The van der Waals surface area contributed by atoms with Crippen LogP contribution in [0.3, 0.4) is 0 Å². The fraction of sp³-hybridized carbons (Fsp3) is 0.300. The van der Waals surface area contributed by atoms with Crippen molar-refractivity contribution in [1.29, 1.82) is 0 Å². The van der Waals surface area contributed by atoms with E-state index in [-0.39, 0.29) is 6.54 Å². The van der Waals surface area contributed by atoms with Gasteiger partial charge in [0, 0.05) is 19.0 Å². The highest BCUT2D eigenvalue weighted by molar-refractivity contribution is 5.73. The zero-order valence-corrected chi connectivity index (χ0v) is 16.1. The van der Waals surface area contributed by atoms with Gasteiger partial charge < -0.3 is 15.2 Å². The maximum Gasteiger partial charge on any atom is 0.412 e. The van der Waals surface area contributed by atoms with Crippen LogP contribution in [0.15, 0.2) is 42.5 Å². The Morgan fingerprint density at radius 2 is 1.96 bits per heavy atom. The van der Waals surface area contributed by atoms with Crippen LogP contribution < -0.4 is 10.1 Å². The van der Waals surface area contributed by atoms with Crippen molar-refractivity contribution in [3.8, 4) is 22.6 Å². The predicted molar refractivity (Wildman–Crippen MR) is 104 cm³/mol. The van der Waals surface area contributed by atoms with Gasteiger partial charge in [0.15, 0.2) is 5.82 Å². The number of nitrogens with zero attached hydrogens (tertiary/aromatic N) is 4. The maximum absolute atomic E-state index is 12.0. The zero-order chi connectivity index (χ0) is 20.1. The molecule has 0 aliphatic carbocycles. The topological polar surface area (TPSA) is 102 Å². The number of carbonyl (C=O) groups is 1. The zero-order valence-electron chi connectivity index (χ0n) is 16.1. The fourth-order valence-electron chi connectivity index (χ4n) is 2.68. The largest absolute Gasteiger partial charge is 0.412 e. The SMILES string of the molecule is CCc1nnnn1-c1cc(OC(=O)NCC(C)O)cc(-c2ccc(C)cc2)c1. The molecule has 0 saturated carbocycles. The lowest BCUT2D eigenvalue weighted by Gasteiger charge is -2.12. The van der Waals surface area contributed by atoms with Crippen molar-refractivity contribution in [3.63, 3.8) is 0 Å². The molecule has 0 spiro atoms. The normalized spacial score (nSPS) is 11.9. The molecular weight excluding hydrogens is 358 g/mol. The van der Waals surface area contributed by atoms with E-state index in [2.05, 4.69) is 20.8 Å². The van der Waals surface area contributed by atoms with Crippen LogP contribution in [0, 0.1) is 6.92 Å². The highest BCUT2D eigenvalue weighted by Crippen LogP contribution is 2.28. The van der Waals surface area contributed by atoms with Crippen LogP contribution in [-0.2, 0) is 6.42 Å².